The highest BCUT2D eigenvalue weighted by atomic mass is 32.2. The molecule has 2 heterocycles. The average molecular weight is 410 g/mol. The van der Waals surface area contributed by atoms with Crippen LogP contribution in [0.25, 0.3) is 0 Å². The molecule has 0 bridgehead atoms. The predicted octanol–water partition coefficient (Wildman–Crippen LogP) is 0.713. The van der Waals surface area contributed by atoms with Crippen LogP contribution in [0.2, 0.25) is 0 Å². The Hall–Kier alpha value is -1.97. The Morgan fingerprint density at radius 2 is 1.82 bits per heavy atom. The van der Waals surface area contributed by atoms with Gasteiger partial charge in [-0.1, -0.05) is 0 Å². The number of nitrogens with zero attached hydrogens (tertiary/aromatic N) is 2. The van der Waals surface area contributed by atoms with E-state index in [0.29, 0.717) is 51.9 Å². The van der Waals surface area contributed by atoms with Crippen molar-refractivity contribution in [3.05, 3.63) is 24.3 Å². The summed E-state index contributed by atoms with van der Waals surface area (Å²) < 4.78 is 27.2. The topological polar surface area (TPSA) is 107 Å². The van der Waals surface area contributed by atoms with E-state index in [9.17, 15) is 18.0 Å². The normalized spacial score (nSPS) is 19.2. The largest absolute Gasteiger partial charge is 0.396 e. The maximum atomic E-state index is 12.9. The van der Waals surface area contributed by atoms with Gasteiger partial charge in [-0.05, 0) is 49.9 Å². The van der Waals surface area contributed by atoms with E-state index < -0.39 is 10.0 Å². The summed E-state index contributed by atoms with van der Waals surface area (Å²) in [6, 6.07) is 6.45. The summed E-state index contributed by atoms with van der Waals surface area (Å²) in [5.74, 6) is -0.214. The van der Waals surface area contributed by atoms with E-state index in [1.807, 2.05) is 0 Å². The Labute approximate surface area is 165 Å². The Balaban J connectivity index is 1.59. The minimum absolute atomic E-state index is 0.0294. The summed E-state index contributed by atoms with van der Waals surface area (Å²) in [4.78, 5) is 25.8. The minimum Gasteiger partial charge on any atom is -0.396 e. The quantitative estimate of drug-likeness (QED) is 0.645. The van der Waals surface area contributed by atoms with Crippen molar-refractivity contribution in [1.29, 1.82) is 0 Å². The summed E-state index contributed by atoms with van der Waals surface area (Å²) in [6.45, 7) is 1.72. The number of rotatable bonds is 7. The molecule has 154 valence electrons. The van der Waals surface area contributed by atoms with E-state index in [0.717, 1.165) is 12.1 Å². The number of hydrogen-bond acceptors (Lipinski definition) is 5. The first-order valence-electron chi connectivity index (χ1n) is 9.72. The molecule has 0 atom stereocenters. The fraction of sp³-hybridized carbons (Fsp3) is 0.579. The molecule has 2 aliphatic rings. The molecule has 1 aromatic carbocycles. The lowest BCUT2D eigenvalue weighted by atomic mass is 9.97. The van der Waals surface area contributed by atoms with Crippen molar-refractivity contribution < 1.29 is 23.1 Å². The fourth-order valence-electron chi connectivity index (χ4n) is 3.66. The summed E-state index contributed by atoms with van der Waals surface area (Å²) in [6.07, 6.45) is 2.82. The molecule has 1 aromatic rings. The van der Waals surface area contributed by atoms with Gasteiger partial charge >= 0.3 is 0 Å². The lowest BCUT2D eigenvalue weighted by Crippen LogP contribution is -2.43. The van der Waals surface area contributed by atoms with Gasteiger partial charge in [-0.25, -0.2) is 8.42 Å². The van der Waals surface area contributed by atoms with Gasteiger partial charge < -0.3 is 15.3 Å². The van der Waals surface area contributed by atoms with Crippen molar-refractivity contribution in [2.45, 2.75) is 37.0 Å². The summed E-state index contributed by atoms with van der Waals surface area (Å²) in [5, 5.41) is 11.5. The van der Waals surface area contributed by atoms with Gasteiger partial charge in [-0.2, -0.15) is 4.31 Å². The molecule has 2 amide bonds. The molecular formula is C19H27N3O5S. The lowest BCUT2D eigenvalue weighted by molar-refractivity contribution is -0.126. The van der Waals surface area contributed by atoms with Crippen LogP contribution in [0.1, 0.15) is 32.1 Å². The zero-order valence-electron chi connectivity index (χ0n) is 15.8. The molecule has 3 rings (SSSR count). The Bertz CT molecular complexity index is 801. The molecule has 0 unspecified atom stereocenters. The van der Waals surface area contributed by atoms with E-state index in [4.69, 9.17) is 5.11 Å². The van der Waals surface area contributed by atoms with E-state index in [1.54, 1.807) is 29.2 Å². The first kappa shape index (κ1) is 20.8. The van der Waals surface area contributed by atoms with Crippen molar-refractivity contribution in [3.63, 3.8) is 0 Å². The SMILES string of the molecule is O=C(NCCCO)C1CCN(S(=O)(=O)c2ccc(N3CCCC3=O)cc2)CC1. The monoisotopic (exact) mass is 409 g/mol. The van der Waals surface area contributed by atoms with Crippen molar-refractivity contribution in [2.24, 2.45) is 5.92 Å². The second-order valence-electron chi connectivity index (χ2n) is 7.19. The van der Waals surface area contributed by atoms with Crippen LogP contribution in [0.15, 0.2) is 29.2 Å². The summed E-state index contributed by atoms with van der Waals surface area (Å²) >= 11 is 0. The molecule has 2 N–H and O–H groups in total. The van der Waals surface area contributed by atoms with E-state index >= 15 is 0 Å². The predicted molar refractivity (Wildman–Crippen MR) is 104 cm³/mol. The molecular weight excluding hydrogens is 382 g/mol. The third-order valence-electron chi connectivity index (χ3n) is 5.32. The highest BCUT2D eigenvalue weighted by Gasteiger charge is 2.32. The molecule has 28 heavy (non-hydrogen) atoms. The van der Waals surface area contributed by atoms with Crippen molar-refractivity contribution in [3.8, 4) is 0 Å². The van der Waals surface area contributed by atoms with E-state index in [-0.39, 0.29) is 29.2 Å². The number of anilines is 1. The molecule has 0 spiro atoms. The van der Waals surface area contributed by atoms with Gasteiger partial charge in [0.1, 0.15) is 0 Å². The standard InChI is InChI=1S/C19H27N3O5S/c23-14-2-10-20-19(25)15-8-12-21(13-9-15)28(26,27)17-6-4-16(5-7-17)22-11-1-3-18(22)24/h4-7,15,23H,1-3,8-14H2,(H,20,25). The highest BCUT2D eigenvalue weighted by Crippen LogP contribution is 2.27. The van der Waals surface area contributed by atoms with Gasteiger partial charge in [0.25, 0.3) is 0 Å². The molecule has 2 fully saturated rings. The molecule has 9 heteroatoms. The summed E-state index contributed by atoms with van der Waals surface area (Å²) in [5.41, 5.74) is 0.722. The van der Waals surface area contributed by atoms with Gasteiger partial charge in [0.15, 0.2) is 0 Å². The number of aliphatic hydroxyl groups excluding tert-OH is 1. The fourth-order valence-corrected chi connectivity index (χ4v) is 5.13. The number of carbonyl (C=O) groups is 2. The number of piperidine rings is 1. The van der Waals surface area contributed by atoms with Gasteiger partial charge in [-0.15, -0.1) is 0 Å². The second-order valence-corrected chi connectivity index (χ2v) is 9.13. The molecule has 0 radical (unpaired) electrons. The first-order valence-corrected chi connectivity index (χ1v) is 11.2. The van der Waals surface area contributed by atoms with E-state index in [2.05, 4.69) is 5.32 Å². The second kappa shape index (κ2) is 9.02. The highest BCUT2D eigenvalue weighted by molar-refractivity contribution is 7.89. The number of benzene rings is 1. The van der Waals surface area contributed by atoms with Crippen LogP contribution in [-0.2, 0) is 19.6 Å². The maximum Gasteiger partial charge on any atom is 0.243 e. The van der Waals surface area contributed by atoms with Gasteiger partial charge in [0.2, 0.25) is 21.8 Å². The Kier molecular flexibility index (Phi) is 6.69. The Morgan fingerprint density at radius 3 is 2.39 bits per heavy atom. The molecule has 2 aliphatic heterocycles. The molecule has 0 aliphatic carbocycles. The number of carbonyl (C=O) groups excluding carboxylic acids is 2. The van der Waals surface area contributed by atoms with Crippen LogP contribution in [0, 0.1) is 5.92 Å². The third-order valence-corrected chi connectivity index (χ3v) is 7.23. The molecule has 8 nitrogen and oxygen atoms in total. The minimum atomic E-state index is -3.62. The van der Waals surface area contributed by atoms with Crippen molar-refractivity contribution >= 4 is 27.5 Å². The van der Waals surface area contributed by atoms with E-state index in [1.165, 1.54) is 4.31 Å². The van der Waals surface area contributed by atoms with Crippen LogP contribution >= 0.6 is 0 Å². The summed E-state index contributed by atoms with van der Waals surface area (Å²) in [7, 11) is -3.62. The third kappa shape index (κ3) is 4.53. The average Bonchev–Trinajstić information content (AvgIpc) is 3.14. The number of aliphatic hydroxyl groups is 1. The van der Waals surface area contributed by atoms with Crippen molar-refractivity contribution in [2.75, 3.05) is 37.7 Å². The number of hydrogen-bond donors (Lipinski definition) is 2. The first-order chi connectivity index (χ1) is 13.4. The zero-order chi connectivity index (χ0) is 20.1. The van der Waals surface area contributed by atoms with Crippen molar-refractivity contribution in [1.82, 2.24) is 9.62 Å². The number of sulfonamides is 1. The molecule has 0 aromatic heterocycles. The molecule has 0 saturated carbocycles. The number of amides is 2. The van der Waals surface area contributed by atoms with Crippen LogP contribution in [0.4, 0.5) is 5.69 Å². The van der Waals surface area contributed by atoms with Gasteiger partial charge in [0.05, 0.1) is 4.90 Å². The Morgan fingerprint density at radius 1 is 1.14 bits per heavy atom. The van der Waals surface area contributed by atoms with Crippen LogP contribution in [0.3, 0.4) is 0 Å². The molecule has 2 saturated heterocycles. The van der Waals surface area contributed by atoms with Gasteiger partial charge in [0, 0.05) is 50.8 Å². The van der Waals surface area contributed by atoms with Gasteiger partial charge in [-0.3, -0.25) is 9.59 Å². The zero-order valence-corrected chi connectivity index (χ0v) is 16.7. The lowest BCUT2D eigenvalue weighted by Gasteiger charge is -2.30. The smallest absolute Gasteiger partial charge is 0.243 e. The number of nitrogens with one attached hydrogen (secondary N) is 1. The van der Waals surface area contributed by atoms with Crippen LogP contribution < -0.4 is 10.2 Å². The van der Waals surface area contributed by atoms with Crippen LogP contribution in [-0.4, -0.2) is 62.4 Å². The van der Waals surface area contributed by atoms with Crippen LogP contribution in [0.5, 0.6) is 0 Å². The maximum absolute atomic E-state index is 12.9.